The van der Waals surface area contributed by atoms with E-state index in [0.29, 0.717) is 13.0 Å². The summed E-state index contributed by atoms with van der Waals surface area (Å²) in [6.07, 6.45) is 0.538. The highest BCUT2D eigenvalue weighted by atomic mass is 16.5. The molecular weight excluding hydrogens is 258 g/mol. The lowest BCUT2D eigenvalue weighted by Gasteiger charge is -2.37. The van der Waals surface area contributed by atoms with Gasteiger partial charge in [0.05, 0.1) is 13.2 Å². The van der Waals surface area contributed by atoms with Gasteiger partial charge < -0.3 is 20.5 Å². The number of aliphatic carboxylic acids is 1. The Balaban J connectivity index is 1.84. The molecule has 0 bridgehead atoms. The van der Waals surface area contributed by atoms with Crippen LogP contribution in [-0.4, -0.2) is 78.9 Å². The second kappa shape index (κ2) is 5.97. The largest absolute Gasteiger partial charge is 0.480 e. The molecule has 1 atom stereocenters. The third kappa shape index (κ3) is 3.91. The highest BCUT2D eigenvalue weighted by Crippen LogP contribution is 2.25. The van der Waals surface area contributed by atoms with Crippen molar-refractivity contribution >= 4 is 5.97 Å². The molecule has 2 rings (SSSR count). The maximum absolute atomic E-state index is 11.2. The number of rotatable bonds is 5. The van der Waals surface area contributed by atoms with Crippen LogP contribution in [-0.2, 0) is 9.53 Å². The molecule has 0 aromatic rings. The molecule has 2 aliphatic heterocycles. The Morgan fingerprint density at radius 3 is 2.40 bits per heavy atom. The number of carboxylic acids is 1. The molecule has 20 heavy (non-hydrogen) atoms. The summed E-state index contributed by atoms with van der Waals surface area (Å²) in [5, 5.41) is 9.18. The van der Waals surface area contributed by atoms with E-state index >= 15 is 0 Å². The number of carboxylic acid groups (broad SMARTS) is 1. The fourth-order valence-corrected chi connectivity index (χ4v) is 3.24. The molecule has 0 spiro atoms. The molecule has 0 radical (unpaired) electrons. The maximum Gasteiger partial charge on any atom is 0.325 e. The number of likely N-dealkylation sites (tertiary alicyclic amines) is 1. The van der Waals surface area contributed by atoms with Crippen LogP contribution in [0.4, 0.5) is 0 Å². The first-order chi connectivity index (χ1) is 9.31. The number of hydrogen-bond donors (Lipinski definition) is 2. The van der Waals surface area contributed by atoms with Crippen LogP contribution in [0.5, 0.6) is 0 Å². The Hall–Kier alpha value is -0.690. The van der Waals surface area contributed by atoms with Gasteiger partial charge in [-0.05, 0) is 11.8 Å². The lowest BCUT2D eigenvalue weighted by Crippen LogP contribution is -2.51. The third-order valence-corrected chi connectivity index (χ3v) is 4.21. The molecule has 0 aromatic carbocycles. The molecule has 116 valence electrons. The summed E-state index contributed by atoms with van der Waals surface area (Å²) in [6.45, 7) is 11.2. The summed E-state index contributed by atoms with van der Waals surface area (Å²) in [4.78, 5) is 15.8. The van der Waals surface area contributed by atoms with Gasteiger partial charge in [0, 0.05) is 39.3 Å². The van der Waals surface area contributed by atoms with Gasteiger partial charge in [-0.15, -0.1) is 0 Å². The number of carbonyl (C=O) groups is 1. The third-order valence-electron chi connectivity index (χ3n) is 4.21. The molecule has 6 nitrogen and oxygen atoms in total. The van der Waals surface area contributed by atoms with E-state index in [0.717, 1.165) is 45.9 Å². The van der Waals surface area contributed by atoms with Crippen LogP contribution < -0.4 is 5.73 Å². The molecule has 0 aromatic heterocycles. The van der Waals surface area contributed by atoms with Crippen molar-refractivity contribution in [2.75, 3.05) is 52.5 Å². The zero-order valence-electron chi connectivity index (χ0n) is 12.6. The average molecular weight is 285 g/mol. The van der Waals surface area contributed by atoms with E-state index in [1.54, 1.807) is 0 Å². The smallest absolute Gasteiger partial charge is 0.325 e. The Kier molecular flexibility index (Phi) is 4.69. The van der Waals surface area contributed by atoms with Crippen LogP contribution in [0, 0.1) is 5.41 Å². The summed E-state index contributed by atoms with van der Waals surface area (Å²) in [7, 11) is 0. The van der Waals surface area contributed by atoms with E-state index < -0.39 is 11.5 Å². The summed E-state index contributed by atoms with van der Waals surface area (Å²) in [5.41, 5.74) is 4.99. The number of ether oxygens (including phenoxy) is 1. The van der Waals surface area contributed by atoms with Gasteiger partial charge >= 0.3 is 5.97 Å². The highest BCUT2D eigenvalue weighted by Gasteiger charge is 2.42. The van der Waals surface area contributed by atoms with Gasteiger partial charge in [-0.25, -0.2) is 0 Å². The molecule has 0 saturated carbocycles. The van der Waals surface area contributed by atoms with Crippen molar-refractivity contribution in [1.82, 2.24) is 9.80 Å². The van der Waals surface area contributed by atoms with Gasteiger partial charge in [0.2, 0.25) is 0 Å². The van der Waals surface area contributed by atoms with Crippen molar-refractivity contribution in [3.8, 4) is 0 Å². The zero-order valence-corrected chi connectivity index (χ0v) is 12.6. The summed E-state index contributed by atoms with van der Waals surface area (Å²) in [6, 6.07) is 0. The monoisotopic (exact) mass is 285 g/mol. The first-order valence-electron chi connectivity index (χ1n) is 7.36. The minimum atomic E-state index is -1.06. The minimum absolute atomic E-state index is 0.126. The molecule has 2 aliphatic rings. The van der Waals surface area contributed by atoms with E-state index in [1.165, 1.54) is 0 Å². The predicted octanol–water partition coefficient (Wildman–Crippen LogP) is -0.167. The Morgan fingerprint density at radius 2 is 1.85 bits per heavy atom. The lowest BCUT2D eigenvalue weighted by atomic mass is 9.91. The van der Waals surface area contributed by atoms with Crippen LogP contribution in [0.15, 0.2) is 0 Å². The van der Waals surface area contributed by atoms with E-state index in [2.05, 4.69) is 23.6 Å². The maximum atomic E-state index is 11.2. The van der Waals surface area contributed by atoms with Gasteiger partial charge in [0.1, 0.15) is 5.54 Å². The van der Waals surface area contributed by atoms with Crippen LogP contribution in [0.1, 0.15) is 20.3 Å². The Labute approximate surface area is 120 Å². The summed E-state index contributed by atoms with van der Waals surface area (Å²) < 4.78 is 5.37. The van der Waals surface area contributed by atoms with E-state index in [4.69, 9.17) is 10.5 Å². The van der Waals surface area contributed by atoms with Gasteiger partial charge in [0.25, 0.3) is 0 Å². The number of hydrogen-bond acceptors (Lipinski definition) is 5. The second-order valence-corrected chi connectivity index (χ2v) is 6.97. The van der Waals surface area contributed by atoms with Gasteiger partial charge in [-0.2, -0.15) is 0 Å². The molecule has 0 aliphatic carbocycles. The van der Waals surface area contributed by atoms with Crippen molar-refractivity contribution in [3.63, 3.8) is 0 Å². The first-order valence-corrected chi connectivity index (χ1v) is 7.36. The van der Waals surface area contributed by atoms with Crippen molar-refractivity contribution < 1.29 is 14.6 Å². The van der Waals surface area contributed by atoms with Crippen molar-refractivity contribution in [1.29, 1.82) is 0 Å². The van der Waals surface area contributed by atoms with E-state index in [-0.39, 0.29) is 5.41 Å². The predicted molar refractivity (Wildman–Crippen MR) is 76.7 cm³/mol. The molecular formula is C14H27N3O3. The molecule has 2 saturated heterocycles. The molecule has 3 N–H and O–H groups in total. The summed E-state index contributed by atoms with van der Waals surface area (Å²) >= 11 is 0. The number of morpholine rings is 1. The van der Waals surface area contributed by atoms with E-state index in [1.807, 2.05) is 0 Å². The first kappa shape index (κ1) is 15.7. The van der Waals surface area contributed by atoms with Crippen molar-refractivity contribution in [2.45, 2.75) is 25.8 Å². The highest BCUT2D eigenvalue weighted by molar-refractivity contribution is 5.79. The van der Waals surface area contributed by atoms with Crippen LogP contribution in [0.2, 0.25) is 0 Å². The van der Waals surface area contributed by atoms with Gasteiger partial charge in [-0.3, -0.25) is 9.69 Å². The standard InChI is InChI=1S/C14H27N3O3/c1-13(2,9-16-5-7-20-8-6-16)10-17-4-3-14(15,11-17)12(18)19/h3-11,15H2,1-2H3,(H,18,19)/t14-/m0/s1. The molecule has 2 fully saturated rings. The number of nitrogens with two attached hydrogens (primary N) is 1. The van der Waals surface area contributed by atoms with Crippen molar-refractivity contribution in [3.05, 3.63) is 0 Å². The molecule has 6 heteroatoms. The van der Waals surface area contributed by atoms with Crippen LogP contribution in [0.3, 0.4) is 0 Å². The van der Waals surface area contributed by atoms with Crippen molar-refractivity contribution in [2.24, 2.45) is 11.1 Å². The summed E-state index contributed by atoms with van der Waals surface area (Å²) in [5.74, 6) is -0.883. The van der Waals surface area contributed by atoms with Gasteiger partial charge in [-0.1, -0.05) is 13.8 Å². The molecule has 0 amide bonds. The average Bonchev–Trinajstić information content (AvgIpc) is 2.72. The quantitative estimate of drug-likeness (QED) is 0.730. The topological polar surface area (TPSA) is 79.0 Å². The van der Waals surface area contributed by atoms with E-state index in [9.17, 15) is 9.90 Å². The molecule has 2 heterocycles. The van der Waals surface area contributed by atoms with Crippen LogP contribution in [0.25, 0.3) is 0 Å². The normalized spacial score (nSPS) is 29.8. The Bertz CT molecular complexity index is 356. The number of nitrogens with zero attached hydrogens (tertiary/aromatic N) is 2. The van der Waals surface area contributed by atoms with Crippen LogP contribution >= 0.6 is 0 Å². The SMILES string of the molecule is CC(C)(CN1CCOCC1)CN1CC[C@@](N)(C(=O)O)C1. The lowest BCUT2D eigenvalue weighted by molar-refractivity contribution is -0.142. The van der Waals surface area contributed by atoms with Gasteiger partial charge in [0.15, 0.2) is 0 Å². The fourth-order valence-electron chi connectivity index (χ4n) is 3.24. The fraction of sp³-hybridized carbons (Fsp3) is 0.929. The second-order valence-electron chi connectivity index (χ2n) is 6.97. The minimum Gasteiger partial charge on any atom is -0.480 e. The zero-order chi connectivity index (χ0) is 14.8. The Morgan fingerprint density at radius 1 is 1.25 bits per heavy atom. The molecule has 0 unspecified atom stereocenters.